The largest absolute Gasteiger partial charge is 0.380 e. The number of hydrogen-bond donors (Lipinski definition) is 1. The molecule has 0 bridgehead atoms. The Hall–Kier alpha value is -1.00. The van der Waals surface area contributed by atoms with Crippen LogP contribution in [0.4, 0.5) is 8.78 Å². The van der Waals surface area contributed by atoms with Crippen molar-refractivity contribution in [3.63, 3.8) is 0 Å². The van der Waals surface area contributed by atoms with Crippen LogP contribution >= 0.6 is 0 Å². The van der Waals surface area contributed by atoms with Crippen molar-refractivity contribution in [3.05, 3.63) is 34.9 Å². The Morgan fingerprint density at radius 3 is 2.33 bits per heavy atom. The van der Waals surface area contributed by atoms with Crippen LogP contribution in [0.1, 0.15) is 18.1 Å². The van der Waals surface area contributed by atoms with Gasteiger partial charge in [-0.3, -0.25) is 0 Å². The molecule has 1 aromatic carbocycles. The summed E-state index contributed by atoms with van der Waals surface area (Å²) in [6.07, 6.45) is 0.329. The molecule has 84 valence electrons. The van der Waals surface area contributed by atoms with E-state index in [9.17, 15) is 8.78 Å². The first-order chi connectivity index (χ1) is 7.04. The van der Waals surface area contributed by atoms with Crippen molar-refractivity contribution in [1.29, 1.82) is 0 Å². The molecular formula is C11H15F2NO. The molecule has 1 unspecified atom stereocenters. The normalized spacial score (nSPS) is 12.9. The van der Waals surface area contributed by atoms with E-state index in [-0.39, 0.29) is 18.2 Å². The van der Waals surface area contributed by atoms with Gasteiger partial charge in [-0.1, -0.05) is 0 Å². The third-order valence-corrected chi connectivity index (χ3v) is 2.06. The number of nitrogens with two attached hydrogens (primary N) is 1. The summed E-state index contributed by atoms with van der Waals surface area (Å²) in [5, 5.41) is 0. The van der Waals surface area contributed by atoms with Gasteiger partial charge in [-0.25, -0.2) is 8.78 Å². The lowest BCUT2D eigenvalue weighted by atomic mass is 10.0. The van der Waals surface area contributed by atoms with E-state index >= 15 is 0 Å². The minimum Gasteiger partial charge on any atom is -0.380 e. The molecule has 0 spiro atoms. The van der Waals surface area contributed by atoms with Gasteiger partial charge in [0, 0.05) is 18.7 Å². The Bertz CT molecular complexity index is 340. The van der Waals surface area contributed by atoms with Gasteiger partial charge in [0.2, 0.25) is 0 Å². The van der Waals surface area contributed by atoms with Crippen molar-refractivity contribution >= 4 is 0 Å². The van der Waals surface area contributed by atoms with Crippen LogP contribution in [0.25, 0.3) is 0 Å². The molecule has 0 saturated carbocycles. The highest BCUT2D eigenvalue weighted by Crippen LogP contribution is 2.16. The van der Waals surface area contributed by atoms with E-state index in [1.54, 1.807) is 6.92 Å². The maximum Gasteiger partial charge on any atom is 0.129 e. The minimum atomic E-state index is -0.450. The first-order valence-electron chi connectivity index (χ1n) is 4.76. The van der Waals surface area contributed by atoms with Crippen LogP contribution in [-0.2, 0) is 17.8 Å². The predicted molar refractivity (Wildman–Crippen MR) is 54.4 cm³/mol. The van der Waals surface area contributed by atoms with E-state index in [0.717, 1.165) is 6.07 Å². The Balaban J connectivity index is 2.97. The summed E-state index contributed by atoms with van der Waals surface area (Å²) in [4.78, 5) is 0. The zero-order chi connectivity index (χ0) is 11.4. The van der Waals surface area contributed by atoms with E-state index in [2.05, 4.69) is 0 Å². The summed E-state index contributed by atoms with van der Waals surface area (Å²) in [6, 6.07) is 2.16. The zero-order valence-corrected chi connectivity index (χ0v) is 8.89. The van der Waals surface area contributed by atoms with Gasteiger partial charge in [0.1, 0.15) is 11.6 Å². The zero-order valence-electron chi connectivity index (χ0n) is 8.89. The molecule has 2 nitrogen and oxygen atoms in total. The summed E-state index contributed by atoms with van der Waals surface area (Å²) < 4.78 is 31.6. The van der Waals surface area contributed by atoms with Crippen LogP contribution in [0.5, 0.6) is 0 Å². The lowest BCUT2D eigenvalue weighted by Crippen LogP contribution is -2.18. The van der Waals surface area contributed by atoms with Crippen molar-refractivity contribution in [2.24, 2.45) is 5.73 Å². The van der Waals surface area contributed by atoms with Crippen LogP contribution in [-0.4, -0.2) is 13.2 Å². The van der Waals surface area contributed by atoms with Gasteiger partial charge < -0.3 is 10.5 Å². The summed E-state index contributed by atoms with van der Waals surface area (Å²) in [5.41, 5.74) is 6.06. The molecular weight excluding hydrogens is 200 g/mol. The molecule has 1 atom stereocenters. The Morgan fingerprint density at radius 1 is 1.27 bits per heavy atom. The summed E-state index contributed by atoms with van der Waals surface area (Å²) in [5.74, 6) is -0.880. The summed E-state index contributed by atoms with van der Waals surface area (Å²) in [7, 11) is 1.44. The van der Waals surface area contributed by atoms with E-state index in [4.69, 9.17) is 10.5 Å². The molecule has 0 aliphatic rings. The standard InChI is InChI=1S/C11H15F2NO/c1-7(14)3-8-4-11(13)9(6-15-2)5-10(8)12/h4-5,7H,3,6,14H2,1-2H3. The van der Waals surface area contributed by atoms with Crippen LogP contribution in [0.15, 0.2) is 12.1 Å². The molecule has 4 heteroatoms. The number of hydrogen-bond acceptors (Lipinski definition) is 2. The SMILES string of the molecule is COCc1cc(F)c(CC(C)N)cc1F. The van der Waals surface area contributed by atoms with Crippen molar-refractivity contribution in [2.45, 2.75) is 26.0 Å². The second-order valence-electron chi connectivity index (χ2n) is 3.65. The molecule has 0 aliphatic heterocycles. The average Bonchev–Trinajstić information content (AvgIpc) is 2.13. The first-order valence-corrected chi connectivity index (χ1v) is 4.76. The molecule has 0 fully saturated rings. The van der Waals surface area contributed by atoms with Gasteiger partial charge in [0.15, 0.2) is 0 Å². The topological polar surface area (TPSA) is 35.2 Å². The summed E-state index contributed by atoms with van der Waals surface area (Å²) >= 11 is 0. The van der Waals surface area contributed by atoms with Gasteiger partial charge in [-0.05, 0) is 31.0 Å². The Labute approximate surface area is 88.0 Å². The van der Waals surface area contributed by atoms with Gasteiger partial charge in [-0.15, -0.1) is 0 Å². The van der Waals surface area contributed by atoms with Gasteiger partial charge in [0.05, 0.1) is 6.61 Å². The molecule has 2 N–H and O–H groups in total. The monoisotopic (exact) mass is 215 g/mol. The molecule has 0 aliphatic carbocycles. The fourth-order valence-electron chi connectivity index (χ4n) is 1.40. The predicted octanol–water partition coefficient (Wildman–Crippen LogP) is 2.00. The van der Waals surface area contributed by atoms with Crippen molar-refractivity contribution < 1.29 is 13.5 Å². The Kier molecular flexibility index (Phi) is 4.17. The van der Waals surface area contributed by atoms with Crippen molar-refractivity contribution in [3.8, 4) is 0 Å². The van der Waals surface area contributed by atoms with Crippen LogP contribution in [0.2, 0.25) is 0 Å². The number of benzene rings is 1. The van der Waals surface area contributed by atoms with Crippen LogP contribution < -0.4 is 5.73 Å². The first kappa shape index (κ1) is 12.1. The second-order valence-corrected chi connectivity index (χ2v) is 3.65. The summed E-state index contributed by atoms with van der Waals surface area (Å²) in [6.45, 7) is 1.82. The van der Waals surface area contributed by atoms with E-state index in [1.165, 1.54) is 13.2 Å². The molecule has 0 saturated heterocycles. The fraction of sp³-hybridized carbons (Fsp3) is 0.455. The van der Waals surface area contributed by atoms with Crippen molar-refractivity contribution in [1.82, 2.24) is 0 Å². The highest BCUT2D eigenvalue weighted by molar-refractivity contribution is 5.26. The van der Waals surface area contributed by atoms with E-state index in [1.807, 2.05) is 0 Å². The number of rotatable bonds is 4. The number of methoxy groups -OCH3 is 1. The third kappa shape index (κ3) is 3.25. The van der Waals surface area contributed by atoms with Crippen LogP contribution in [0.3, 0.4) is 0 Å². The molecule has 1 aromatic rings. The number of halogens is 2. The van der Waals surface area contributed by atoms with Crippen LogP contribution in [0, 0.1) is 11.6 Å². The maximum atomic E-state index is 13.4. The van der Waals surface area contributed by atoms with E-state index < -0.39 is 11.6 Å². The minimum absolute atomic E-state index is 0.0706. The van der Waals surface area contributed by atoms with Gasteiger partial charge in [-0.2, -0.15) is 0 Å². The quantitative estimate of drug-likeness (QED) is 0.833. The molecule has 0 amide bonds. The smallest absolute Gasteiger partial charge is 0.129 e. The molecule has 0 aromatic heterocycles. The van der Waals surface area contributed by atoms with Gasteiger partial charge >= 0.3 is 0 Å². The molecule has 15 heavy (non-hydrogen) atoms. The Morgan fingerprint density at radius 2 is 1.80 bits per heavy atom. The second kappa shape index (κ2) is 5.19. The molecule has 1 rings (SSSR count). The highest BCUT2D eigenvalue weighted by Gasteiger charge is 2.10. The fourth-order valence-corrected chi connectivity index (χ4v) is 1.40. The lowest BCUT2D eigenvalue weighted by Gasteiger charge is -2.09. The lowest BCUT2D eigenvalue weighted by molar-refractivity contribution is 0.181. The number of ether oxygens (including phenoxy) is 1. The maximum absolute atomic E-state index is 13.4. The van der Waals surface area contributed by atoms with Gasteiger partial charge in [0.25, 0.3) is 0 Å². The highest BCUT2D eigenvalue weighted by atomic mass is 19.1. The third-order valence-electron chi connectivity index (χ3n) is 2.06. The van der Waals surface area contributed by atoms with E-state index in [0.29, 0.717) is 12.0 Å². The molecule has 0 heterocycles. The average molecular weight is 215 g/mol. The molecule has 0 radical (unpaired) electrons. The van der Waals surface area contributed by atoms with Crippen molar-refractivity contribution in [2.75, 3.05) is 7.11 Å².